The van der Waals surface area contributed by atoms with Gasteiger partial charge in [0, 0.05) is 36.6 Å². The van der Waals surface area contributed by atoms with Crippen molar-refractivity contribution in [1.82, 2.24) is 20.2 Å². The number of benzene rings is 2. The Kier molecular flexibility index (Phi) is 6.89. The second-order valence-corrected chi connectivity index (χ2v) is 11.0. The number of alkyl halides is 1. The van der Waals surface area contributed by atoms with Crippen molar-refractivity contribution in [2.24, 2.45) is 5.92 Å². The lowest BCUT2D eigenvalue weighted by Crippen LogP contribution is -2.31. The highest BCUT2D eigenvalue weighted by Gasteiger charge is 2.46. The van der Waals surface area contributed by atoms with Crippen molar-refractivity contribution in [2.45, 2.75) is 37.4 Å². The molecule has 2 N–H and O–H groups in total. The maximum absolute atomic E-state index is 16.4. The number of rotatable bonds is 9. The van der Waals surface area contributed by atoms with Gasteiger partial charge in [0.2, 0.25) is 5.91 Å². The summed E-state index contributed by atoms with van der Waals surface area (Å²) < 4.78 is 36.2. The zero-order valence-corrected chi connectivity index (χ0v) is 22.4. The van der Waals surface area contributed by atoms with Gasteiger partial charge in [-0.25, -0.2) is 8.78 Å². The maximum Gasteiger partial charge on any atom is 0.319 e. The standard InChI is InChI=1S/C29H30ClF2N5O2/c1-3-23(38)33-7-8-34-28-21-12-22(30)25(19-6-4-5-15-9-16-10-20(16)24(15)19)26(32)27(21)35-29(36-28)39-14-18-11-17(31)13-37(18)2/h3-6,12,16-18,20H,1,7-11,13-14H2,2H3,(H,33,38)(H,34,35,36)/t16?,17-,18+,20?/m1/s1. The molecule has 0 spiro atoms. The summed E-state index contributed by atoms with van der Waals surface area (Å²) in [5, 5.41) is 6.51. The molecule has 2 aliphatic carbocycles. The molecule has 1 saturated carbocycles. The molecule has 2 aromatic carbocycles. The van der Waals surface area contributed by atoms with E-state index < -0.39 is 12.0 Å². The fraction of sp³-hybridized carbons (Fsp3) is 0.414. The minimum absolute atomic E-state index is 0.0106. The van der Waals surface area contributed by atoms with E-state index in [0.29, 0.717) is 54.7 Å². The normalized spacial score (nSPS) is 23.4. The average Bonchev–Trinajstić information content (AvgIpc) is 3.45. The summed E-state index contributed by atoms with van der Waals surface area (Å²) in [5.74, 6) is 0.594. The minimum Gasteiger partial charge on any atom is -0.462 e. The van der Waals surface area contributed by atoms with E-state index in [-0.39, 0.29) is 35.1 Å². The van der Waals surface area contributed by atoms with Crippen LogP contribution in [0.1, 0.15) is 29.9 Å². The molecule has 2 unspecified atom stereocenters. The lowest BCUT2D eigenvalue weighted by atomic mass is 9.93. The van der Waals surface area contributed by atoms with Crippen molar-refractivity contribution in [3.8, 4) is 17.1 Å². The molecular weight excluding hydrogens is 524 g/mol. The second kappa shape index (κ2) is 10.4. The van der Waals surface area contributed by atoms with Gasteiger partial charge in [0.05, 0.1) is 5.02 Å². The number of fused-ring (bicyclic) bond motifs is 4. The Morgan fingerprint density at radius 1 is 1.31 bits per heavy atom. The van der Waals surface area contributed by atoms with E-state index in [9.17, 15) is 9.18 Å². The lowest BCUT2D eigenvalue weighted by Gasteiger charge is -2.19. The molecule has 7 nitrogen and oxygen atoms in total. The van der Waals surface area contributed by atoms with Gasteiger partial charge in [-0.1, -0.05) is 36.4 Å². The highest BCUT2D eigenvalue weighted by Crippen LogP contribution is 2.59. The third-order valence-electron chi connectivity index (χ3n) is 8.05. The molecule has 1 aliphatic heterocycles. The van der Waals surface area contributed by atoms with E-state index >= 15 is 4.39 Å². The van der Waals surface area contributed by atoms with Crippen molar-refractivity contribution in [2.75, 3.05) is 38.6 Å². The van der Waals surface area contributed by atoms with Crippen LogP contribution in [0.2, 0.25) is 5.02 Å². The van der Waals surface area contributed by atoms with E-state index in [1.807, 2.05) is 24.1 Å². The lowest BCUT2D eigenvalue weighted by molar-refractivity contribution is -0.116. The molecule has 1 saturated heterocycles. The van der Waals surface area contributed by atoms with Crippen molar-refractivity contribution >= 4 is 34.2 Å². The highest BCUT2D eigenvalue weighted by atomic mass is 35.5. The van der Waals surface area contributed by atoms with Crippen LogP contribution in [0, 0.1) is 11.7 Å². The highest BCUT2D eigenvalue weighted by molar-refractivity contribution is 6.34. The van der Waals surface area contributed by atoms with Crippen molar-refractivity contribution in [1.29, 1.82) is 0 Å². The van der Waals surface area contributed by atoms with Crippen LogP contribution in [0.4, 0.5) is 14.6 Å². The number of likely N-dealkylation sites (N-methyl/N-ethyl adjacent to an activating group) is 1. The van der Waals surface area contributed by atoms with Gasteiger partial charge < -0.3 is 15.4 Å². The zero-order chi connectivity index (χ0) is 27.3. The Balaban J connectivity index is 1.37. The molecule has 39 heavy (non-hydrogen) atoms. The minimum atomic E-state index is -0.912. The summed E-state index contributed by atoms with van der Waals surface area (Å²) in [4.78, 5) is 22.4. The second-order valence-electron chi connectivity index (χ2n) is 10.6. The van der Waals surface area contributed by atoms with E-state index in [2.05, 4.69) is 33.2 Å². The van der Waals surface area contributed by atoms with Gasteiger partial charge in [-0.05, 0) is 67.0 Å². The summed E-state index contributed by atoms with van der Waals surface area (Å²) in [5.41, 5.74) is 3.67. The summed E-state index contributed by atoms with van der Waals surface area (Å²) in [6, 6.07) is 7.53. The first-order valence-corrected chi connectivity index (χ1v) is 13.6. The van der Waals surface area contributed by atoms with Gasteiger partial charge in [-0.15, -0.1) is 0 Å². The summed E-state index contributed by atoms with van der Waals surface area (Å²) in [6.45, 7) is 4.57. The van der Waals surface area contributed by atoms with Crippen LogP contribution in [0.25, 0.3) is 22.0 Å². The molecule has 2 heterocycles. The fourth-order valence-corrected chi connectivity index (χ4v) is 6.29. The number of nitrogens with one attached hydrogen (secondary N) is 2. The first kappa shape index (κ1) is 26.0. The quantitative estimate of drug-likeness (QED) is 0.290. The van der Waals surface area contributed by atoms with Gasteiger partial charge in [0.25, 0.3) is 0 Å². The van der Waals surface area contributed by atoms with E-state index in [0.717, 1.165) is 18.4 Å². The van der Waals surface area contributed by atoms with E-state index in [1.165, 1.54) is 17.2 Å². The van der Waals surface area contributed by atoms with Crippen LogP contribution in [-0.2, 0) is 11.2 Å². The van der Waals surface area contributed by atoms with Crippen LogP contribution >= 0.6 is 11.6 Å². The Labute approximate surface area is 230 Å². The van der Waals surface area contributed by atoms with Crippen molar-refractivity contribution in [3.05, 3.63) is 58.9 Å². The van der Waals surface area contributed by atoms with Gasteiger partial charge in [0.1, 0.15) is 24.1 Å². The molecule has 0 bridgehead atoms. The Bertz CT molecular complexity index is 1470. The smallest absolute Gasteiger partial charge is 0.319 e. The predicted molar refractivity (Wildman–Crippen MR) is 148 cm³/mol. The van der Waals surface area contributed by atoms with E-state index in [4.69, 9.17) is 16.3 Å². The van der Waals surface area contributed by atoms with Gasteiger partial charge in [0.15, 0.2) is 5.82 Å². The van der Waals surface area contributed by atoms with E-state index in [1.54, 1.807) is 6.07 Å². The van der Waals surface area contributed by atoms with Crippen molar-refractivity contribution in [3.63, 3.8) is 0 Å². The third-order valence-corrected chi connectivity index (χ3v) is 8.35. The number of anilines is 1. The topological polar surface area (TPSA) is 79.4 Å². The van der Waals surface area contributed by atoms with Crippen LogP contribution in [-0.4, -0.2) is 66.3 Å². The molecule has 1 aromatic heterocycles. The number of halogens is 3. The number of hydrogen-bond acceptors (Lipinski definition) is 6. The largest absolute Gasteiger partial charge is 0.462 e. The number of carbonyl (C=O) groups excluding carboxylic acids is 1. The molecule has 3 aromatic rings. The van der Waals surface area contributed by atoms with Crippen LogP contribution in [0.3, 0.4) is 0 Å². The maximum atomic E-state index is 16.4. The molecule has 2 fully saturated rings. The number of likely N-dealkylation sites (tertiary alicyclic amines) is 1. The monoisotopic (exact) mass is 553 g/mol. The number of amides is 1. The van der Waals surface area contributed by atoms with Gasteiger partial charge in [-0.2, -0.15) is 9.97 Å². The molecule has 10 heteroatoms. The third kappa shape index (κ3) is 4.94. The Morgan fingerprint density at radius 3 is 2.92 bits per heavy atom. The number of hydrogen-bond donors (Lipinski definition) is 2. The van der Waals surface area contributed by atoms with Crippen LogP contribution in [0.15, 0.2) is 36.9 Å². The number of ether oxygens (including phenoxy) is 1. The number of nitrogens with zero attached hydrogens (tertiary/aromatic N) is 3. The SMILES string of the molecule is C=CC(=O)NCCNc1nc(OC[C@@H]2C[C@@H](F)CN2C)nc2c(F)c(-c3cccc4c3C3CC3C4)c(Cl)cc12. The van der Waals surface area contributed by atoms with Gasteiger partial charge in [-0.3, -0.25) is 9.69 Å². The predicted octanol–water partition coefficient (Wildman–Crippen LogP) is 4.88. The number of carbonyl (C=O) groups is 1. The summed E-state index contributed by atoms with van der Waals surface area (Å²) >= 11 is 6.75. The first-order valence-electron chi connectivity index (χ1n) is 13.3. The molecule has 4 atom stereocenters. The van der Waals surface area contributed by atoms with Crippen molar-refractivity contribution < 1.29 is 18.3 Å². The summed E-state index contributed by atoms with van der Waals surface area (Å²) in [7, 11) is 1.84. The molecule has 0 radical (unpaired) electrons. The zero-order valence-electron chi connectivity index (χ0n) is 21.6. The molecule has 204 valence electrons. The first-order chi connectivity index (χ1) is 18.8. The number of aromatic nitrogens is 2. The van der Waals surface area contributed by atoms with Crippen LogP contribution in [0.5, 0.6) is 6.01 Å². The molecule has 6 rings (SSSR count). The Hall–Kier alpha value is -3.30. The fourth-order valence-electron chi connectivity index (χ4n) is 5.99. The molecule has 3 aliphatic rings. The van der Waals surface area contributed by atoms with Gasteiger partial charge >= 0.3 is 6.01 Å². The average molecular weight is 554 g/mol. The van der Waals surface area contributed by atoms with Crippen LogP contribution < -0.4 is 15.4 Å². The summed E-state index contributed by atoms with van der Waals surface area (Å²) in [6.07, 6.45) is 2.78. The molecular formula is C29H30ClF2N5O2. The Morgan fingerprint density at radius 2 is 2.15 bits per heavy atom. The molecule has 1 amide bonds.